The van der Waals surface area contributed by atoms with Crippen LogP contribution in [0.4, 0.5) is 0 Å². The number of aryl methyl sites for hydroxylation is 2. The van der Waals surface area contributed by atoms with Crippen molar-refractivity contribution in [3.8, 4) is 11.5 Å². The summed E-state index contributed by atoms with van der Waals surface area (Å²) in [4.78, 5) is 0. The Morgan fingerprint density at radius 1 is 0.786 bits per heavy atom. The van der Waals surface area contributed by atoms with E-state index < -0.39 is 0 Å². The molecule has 28 heavy (non-hydrogen) atoms. The highest BCUT2D eigenvalue weighted by atomic mass is 16.3. The summed E-state index contributed by atoms with van der Waals surface area (Å²) in [6.45, 7) is 6.37. The molecule has 0 amide bonds. The molecule has 0 aromatic heterocycles. The Labute approximate surface area is 168 Å². The van der Waals surface area contributed by atoms with Gasteiger partial charge in [-0.1, -0.05) is 37.6 Å². The van der Waals surface area contributed by atoms with Crippen molar-refractivity contribution in [3.63, 3.8) is 0 Å². The Bertz CT molecular complexity index is 876. The Hall–Kier alpha value is -1.96. The number of hydrogen-bond acceptors (Lipinski definition) is 2. The van der Waals surface area contributed by atoms with Crippen molar-refractivity contribution in [2.24, 2.45) is 11.3 Å². The zero-order valence-corrected chi connectivity index (χ0v) is 17.4. The molecule has 2 aromatic carbocycles. The molecule has 2 nitrogen and oxygen atoms in total. The van der Waals surface area contributed by atoms with Crippen LogP contribution in [0.2, 0.25) is 0 Å². The molecule has 4 aliphatic rings. The molecule has 0 spiro atoms. The Balaban J connectivity index is 1.66. The van der Waals surface area contributed by atoms with E-state index in [-0.39, 0.29) is 10.8 Å². The van der Waals surface area contributed by atoms with Crippen LogP contribution in [0, 0.1) is 25.2 Å². The first-order chi connectivity index (χ1) is 13.3. The molecule has 2 N–H and O–H groups in total. The molecule has 4 unspecified atom stereocenters. The minimum absolute atomic E-state index is 0.173. The van der Waals surface area contributed by atoms with E-state index in [0.717, 1.165) is 17.0 Å². The third-order valence-corrected chi connectivity index (χ3v) is 8.56. The summed E-state index contributed by atoms with van der Waals surface area (Å²) in [7, 11) is 0. The van der Waals surface area contributed by atoms with Crippen molar-refractivity contribution >= 4 is 0 Å². The molecule has 6 rings (SSSR count). The van der Waals surface area contributed by atoms with Gasteiger partial charge in [-0.05, 0) is 109 Å². The van der Waals surface area contributed by atoms with Gasteiger partial charge in [0.15, 0.2) is 0 Å². The highest BCUT2D eigenvalue weighted by Gasteiger charge is 2.63. The van der Waals surface area contributed by atoms with Crippen LogP contribution in [0.5, 0.6) is 11.5 Å². The largest absolute Gasteiger partial charge is 0.508 e. The fourth-order valence-corrected chi connectivity index (χ4v) is 7.60. The summed E-state index contributed by atoms with van der Waals surface area (Å²) < 4.78 is 0. The predicted molar refractivity (Wildman–Crippen MR) is 113 cm³/mol. The molecular formula is C26H32O2. The van der Waals surface area contributed by atoms with E-state index in [0.29, 0.717) is 16.9 Å². The molecule has 2 aromatic rings. The minimum atomic E-state index is 0.173. The topological polar surface area (TPSA) is 40.5 Å². The second-order valence-corrected chi connectivity index (χ2v) is 10.4. The maximum absolute atomic E-state index is 10.4. The van der Waals surface area contributed by atoms with Gasteiger partial charge in [-0.3, -0.25) is 0 Å². The molecular weight excluding hydrogens is 344 g/mol. The van der Waals surface area contributed by atoms with Crippen molar-refractivity contribution in [1.29, 1.82) is 0 Å². The monoisotopic (exact) mass is 376 g/mol. The average molecular weight is 377 g/mol. The van der Waals surface area contributed by atoms with E-state index in [2.05, 4.69) is 37.3 Å². The zero-order chi connectivity index (χ0) is 19.7. The standard InChI is InChI=1S/C26H32O2/c1-4-24-11-19-12-25(14-24,20-7-8-22(27)18(3)9-20)16-26(13-19,15-24)21-6-5-17(2)23(28)10-21/h5-10,19,27-28H,4,11-16H2,1-3H3. The summed E-state index contributed by atoms with van der Waals surface area (Å²) in [6.07, 6.45) is 8.84. The lowest BCUT2D eigenvalue weighted by Gasteiger charge is -2.67. The first kappa shape index (κ1) is 18.1. The van der Waals surface area contributed by atoms with E-state index in [1.165, 1.54) is 56.1 Å². The van der Waals surface area contributed by atoms with Crippen LogP contribution >= 0.6 is 0 Å². The summed E-state index contributed by atoms with van der Waals surface area (Å²) in [5.74, 6) is 1.60. The van der Waals surface area contributed by atoms with Gasteiger partial charge in [0.25, 0.3) is 0 Å². The number of phenolic OH excluding ortho intramolecular Hbond substituents is 2. The SMILES string of the molecule is CCC12CC3CC(c4ccc(O)c(C)c4)(C1)CC(c1ccc(C)c(O)c1)(C3)C2. The lowest BCUT2D eigenvalue weighted by molar-refractivity contribution is -0.0920. The fraction of sp³-hybridized carbons (Fsp3) is 0.538. The van der Waals surface area contributed by atoms with E-state index in [4.69, 9.17) is 0 Å². The van der Waals surface area contributed by atoms with E-state index in [9.17, 15) is 10.2 Å². The van der Waals surface area contributed by atoms with Crippen molar-refractivity contribution in [3.05, 3.63) is 58.7 Å². The van der Waals surface area contributed by atoms with Crippen LogP contribution in [0.1, 0.15) is 74.1 Å². The third kappa shape index (κ3) is 2.46. The number of rotatable bonds is 3. The van der Waals surface area contributed by atoms with E-state index in [1.807, 2.05) is 19.9 Å². The average Bonchev–Trinajstić information content (AvgIpc) is 2.65. The van der Waals surface area contributed by atoms with Gasteiger partial charge in [0.1, 0.15) is 11.5 Å². The van der Waals surface area contributed by atoms with Crippen LogP contribution in [0.25, 0.3) is 0 Å². The lowest BCUT2D eigenvalue weighted by Crippen LogP contribution is -2.60. The molecule has 2 heteroatoms. The molecule has 4 fully saturated rings. The Morgan fingerprint density at radius 3 is 2.04 bits per heavy atom. The fourth-order valence-electron chi connectivity index (χ4n) is 7.60. The van der Waals surface area contributed by atoms with E-state index >= 15 is 0 Å². The Morgan fingerprint density at radius 2 is 1.43 bits per heavy atom. The van der Waals surface area contributed by atoms with Gasteiger partial charge in [0.05, 0.1) is 0 Å². The van der Waals surface area contributed by atoms with Gasteiger partial charge in [-0.2, -0.15) is 0 Å². The normalized spacial score (nSPS) is 36.0. The maximum atomic E-state index is 10.4. The highest BCUT2D eigenvalue weighted by Crippen LogP contribution is 2.71. The van der Waals surface area contributed by atoms with Gasteiger partial charge >= 0.3 is 0 Å². The van der Waals surface area contributed by atoms with Crippen molar-refractivity contribution < 1.29 is 10.2 Å². The lowest BCUT2D eigenvalue weighted by atomic mass is 9.37. The van der Waals surface area contributed by atoms with Gasteiger partial charge < -0.3 is 10.2 Å². The number of hydrogen-bond donors (Lipinski definition) is 2. The maximum Gasteiger partial charge on any atom is 0.118 e. The number of benzene rings is 2. The molecule has 4 atom stereocenters. The minimum Gasteiger partial charge on any atom is -0.508 e. The molecule has 0 heterocycles. The first-order valence-corrected chi connectivity index (χ1v) is 10.9. The van der Waals surface area contributed by atoms with Gasteiger partial charge in [0, 0.05) is 0 Å². The second kappa shape index (κ2) is 5.78. The van der Waals surface area contributed by atoms with Gasteiger partial charge in [0.2, 0.25) is 0 Å². The van der Waals surface area contributed by atoms with Crippen LogP contribution in [0.15, 0.2) is 36.4 Å². The van der Waals surface area contributed by atoms with Crippen LogP contribution in [-0.4, -0.2) is 10.2 Å². The molecule has 4 saturated carbocycles. The quantitative estimate of drug-likeness (QED) is 0.661. The number of aromatic hydroxyl groups is 2. The van der Waals surface area contributed by atoms with Gasteiger partial charge in [-0.25, -0.2) is 0 Å². The molecule has 0 saturated heterocycles. The van der Waals surface area contributed by atoms with Gasteiger partial charge in [-0.15, -0.1) is 0 Å². The Kier molecular flexibility index (Phi) is 3.73. The van der Waals surface area contributed by atoms with Crippen LogP contribution in [0.3, 0.4) is 0 Å². The van der Waals surface area contributed by atoms with Crippen molar-refractivity contribution in [2.75, 3.05) is 0 Å². The summed E-state index contributed by atoms with van der Waals surface area (Å²) in [5, 5.41) is 20.5. The van der Waals surface area contributed by atoms with E-state index in [1.54, 1.807) is 0 Å². The van der Waals surface area contributed by atoms with Crippen LogP contribution in [-0.2, 0) is 10.8 Å². The smallest absolute Gasteiger partial charge is 0.118 e. The highest BCUT2D eigenvalue weighted by molar-refractivity contribution is 5.45. The molecule has 0 aliphatic heterocycles. The predicted octanol–water partition coefficient (Wildman–Crippen LogP) is 6.28. The summed E-state index contributed by atoms with van der Waals surface area (Å²) in [6, 6.07) is 12.7. The van der Waals surface area contributed by atoms with Crippen molar-refractivity contribution in [2.45, 2.75) is 76.5 Å². The van der Waals surface area contributed by atoms with Crippen LogP contribution < -0.4 is 0 Å². The summed E-state index contributed by atoms with van der Waals surface area (Å²) >= 11 is 0. The number of phenols is 2. The molecule has 4 aliphatic carbocycles. The molecule has 0 radical (unpaired) electrons. The third-order valence-electron chi connectivity index (χ3n) is 8.56. The molecule has 148 valence electrons. The summed E-state index contributed by atoms with van der Waals surface area (Å²) in [5.41, 5.74) is 5.50. The first-order valence-electron chi connectivity index (χ1n) is 10.9. The second-order valence-electron chi connectivity index (χ2n) is 10.4. The molecule has 4 bridgehead atoms. The van der Waals surface area contributed by atoms with Crippen molar-refractivity contribution in [1.82, 2.24) is 0 Å². The zero-order valence-electron chi connectivity index (χ0n) is 17.4.